The predicted octanol–water partition coefficient (Wildman–Crippen LogP) is 4.96. The molecule has 2 fully saturated rings. The van der Waals surface area contributed by atoms with Crippen molar-refractivity contribution in [3.05, 3.63) is 81.6 Å². The Morgan fingerprint density at radius 2 is 1.92 bits per heavy atom. The fourth-order valence-electron chi connectivity index (χ4n) is 5.98. The van der Waals surface area contributed by atoms with Crippen molar-refractivity contribution in [3.8, 4) is 0 Å². The van der Waals surface area contributed by atoms with Gasteiger partial charge in [-0.3, -0.25) is 14.5 Å². The van der Waals surface area contributed by atoms with Crippen LogP contribution in [0.15, 0.2) is 42.7 Å². The fourth-order valence-corrected chi connectivity index (χ4v) is 6.16. The molecule has 3 aliphatic rings. The second kappa shape index (κ2) is 9.26. The van der Waals surface area contributed by atoms with E-state index in [0.29, 0.717) is 36.0 Å². The standard InChI is InChI=1S/C29H28ClF2N5O2/c1-15-10-18(15)27(38)36-12-17(13-36)35-25-16(2)23-19(11-34-25)28(39)37(26-22(31)8-5-9-33-26)14-29(23,3)20-6-4-7-21(30)24(20)32/h4-9,11,15,17-18H,10,12-14H2,1-3H3,(H,34,35)/t15?,18?,29-/m1/s1. The predicted molar refractivity (Wildman–Crippen MR) is 144 cm³/mol. The summed E-state index contributed by atoms with van der Waals surface area (Å²) < 4.78 is 30.4. The van der Waals surface area contributed by atoms with Crippen LogP contribution in [-0.2, 0) is 10.2 Å². The van der Waals surface area contributed by atoms with Crippen LogP contribution in [0.25, 0.3) is 0 Å². The maximum absolute atomic E-state index is 15.6. The monoisotopic (exact) mass is 551 g/mol. The molecule has 2 aromatic heterocycles. The van der Waals surface area contributed by atoms with Gasteiger partial charge in [0.25, 0.3) is 5.91 Å². The Kier molecular flexibility index (Phi) is 6.10. The van der Waals surface area contributed by atoms with Crippen LogP contribution in [0.2, 0.25) is 5.02 Å². The highest BCUT2D eigenvalue weighted by Gasteiger charge is 2.47. The molecular weight excluding hydrogens is 524 g/mol. The van der Waals surface area contributed by atoms with Crippen LogP contribution in [0.1, 0.15) is 47.3 Å². The Balaban J connectivity index is 1.39. The van der Waals surface area contributed by atoms with Crippen molar-refractivity contribution in [1.29, 1.82) is 0 Å². The molecule has 1 saturated carbocycles. The summed E-state index contributed by atoms with van der Waals surface area (Å²) in [5.74, 6) is -0.505. The average Bonchev–Trinajstić information content (AvgIpc) is 3.62. The van der Waals surface area contributed by atoms with E-state index in [4.69, 9.17) is 11.6 Å². The van der Waals surface area contributed by atoms with Gasteiger partial charge in [-0.1, -0.05) is 30.7 Å². The number of nitrogens with zero attached hydrogens (tertiary/aromatic N) is 4. The van der Waals surface area contributed by atoms with E-state index in [0.717, 1.165) is 6.42 Å². The van der Waals surface area contributed by atoms with Crippen molar-refractivity contribution in [3.63, 3.8) is 0 Å². The molecule has 2 unspecified atom stereocenters. The minimum Gasteiger partial charge on any atom is -0.364 e. The zero-order valence-electron chi connectivity index (χ0n) is 21.8. The molecule has 2 aliphatic heterocycles. The molecule has 1 aliphatic carbocycles. The van der Waals surface area contributed by atoms with E-state index in [1.54, 1.807) is 12.1 Å². The van der Waals surface area contributed by atoms with Gasteiger partial charge in [0.1, 0.15) is 11.6 Å². The fraction of sp³-hybridized carbons (Fsp3) is 0.379. The molecule has 3 aromatic rings. The summed E-state index contributed by atoms with van der Waals surface area (Å²) in [6, 6.07) is 7.45. The number of anilines is 2. The quantitative estimate of drug-likeness (QED) is 0.485. The lowest BCUT2D eigenvalue weighted by molar-refractivity contribution is -0.136. The SMILES string of the molecule is Cc1c(NC2CN(C(=O)C3CC3C)C2)ncc2c1[C@@](C)(c1cccc(Cl)c1F)CN(c1ncccc1F)C2=O. The van der Waals surface area contributed by atoms with E-state index in [1.807, 2.05) is 18.7 Å². The number of benzene rings is 1. The van der Waals surface area contributed by atoms with E-state index in [2.05, 4.69) is 22.2 Å². The minimum atomic E-state index is -1.10. The molecule has 1 saturated heterocycles. The van der Waals surface area contributed by atoms with Gasteiger partial charge >= 0.3 is 0 Å². The third-order valence-corrected chi connectivity index (χ3v) is 8.62. The van der Waals surface area contributed by atoms with Crippen LogP contribution in [0.4, 0.5) is 20.4 Å². The van der Waals surface area contributed by atoms with E-state index < -0.39 is 23.0 Å². The topological polar surface area (TPSA) is 78.4 Å². The second-order valence-corrected chi connectivity index (χ2v) is 11.5. The number of hydrogen-bond acceptors (Lipinski definition) is 5. The maximum Gasteiger partial charge on any atom is 0.261 e. The smallest absolute Gasteiger partial charge is 0.261 e. The highest BCUT2D eigenvalue weighted by molar-refractivity contribution is 6.30. The Hall–Kier alpha value is -3.59. The van der Waals surface area contributed by atoms with Crippen molar-refractivity contribution in [2.24, 2.45) is 11.8 Å². The number of halogens is 3. The molecular formula is C29H28ClF2N5O2. The van der Waals surface area contributed by atoms with Crippen LogP contribution >= 0.6 is 11.6 Å². The third-order valence-electron chi connectivity index (χ3n) is 8.33. The van der Waals surface area contributed by atoms with E-state index in [9.17, 15) is 14.0 Å². The molecule has 0 spiro atoms. The molecule has 6 rings (SSSR count). The molecule has 2 amide bonds. The summed E-state index contributed by atoms with van der Waals surface area (Å²) in [5.41, 5.74) is 0.700. The van der Waals surface area contributed by atoms with Gasteiger partial charge in [-0.25, -0.2) is 18.7 Å². The van der Waals surface area contributed by atoms with Gasteiger partial charge in [0.2, 0.25) is 5.91 Å². The number of carbonyl (C=O) groups is 2. The zero-order chi connectivity index (χ0) is 27.6. The highest BCUT2D eigenvalue weighted by atomic mass is 35.5. The number of aromatic nitrogens is 2. The number of nitrogens with one attached hydrogen (secondary N) is 1. The molecule has 10 heteroatoms. The van der Waals surface area contributed by atoms with Crippen LogP contribution in [0.5, 0.6) is 0 Å². The molecule has 202 valence electrons. The number of amides is 2. The minimum absolute atomic E-state index is 0.0137. The first kappa shape index (κ1) is 25.7. The van der Waals surface area contributed by atoms with Gasteiger partial charge < -0.3 is 10.2 Å². The molecule has 39 heavy (non-hydrogen) atoms. The Bertz CT molecular complexity index is 1510. The molecule has 1 aromatic carbocycles. The van der Waals surface area contributed by atoms with Crippen molar-refractivity contribution in [2.75, 3.05) is 29.9 Å². The number of likely N-dealkylation sites (tertiary alicyclic amines) is 1. The van der Waals surface area contributed by atoms with Crippen LogP contribution < -0.4 is 10.2 Å². The van der Waals surface area contributed by atoms with Crippen molar-refractivity contribution in [2.45, 2.75) is 38.6 Å². The molecule has 7 nitrogen and oxygen atoms in total. The van der Waals surface area contributed by atoms with Gasteiger partial charge in [-0.15, -0.1) is 0 Å². The molecule has 1 N–H and O–H groups in total. The number of hydrogen-bond donors (Lipinski definition) is 1. The Morgan fingerprint density at radius 3 is 2.62 bits per heavy atom. The number of rotatable bonds is 5. The summed E-state index contributed by atoms with van der Waals surface area (Å²) in [6.45, 7) is 6.84. The lowest BCUT2D eigenvalue weighted by Crippen LogP contribution is -2.57. The largest absolute Gasteiger partial charge is 0.364 e. The van der Waals surface area contributed by atoms with Gasteiger partial charge in [0.15, 0.2) is 11.6 Å². The first-order valence-corrected chi connectivity index (χ1v) is 13.4. The summed E-state index contributed by atoms with van der Waals surface area (Å²) in [7, 11) is 0. The first-order valence-electron chi connectivity index (χ1n) is 13.0. The molecule has 3 atom stereocenters. The molecule has 0 radical (unpaired) electrons. The van der Waals surface area contributed by atoms with E-state index >= 15 is 4.39 Å². The van der Waals surface area contributed by atoms with E-state index in [1.165, 1.54) is 35.5 Å². The van der Waals surface area contributed by atoms with E-state index in [-0.39, 0.29) is 46.4 Å². The Morgan fingerprint density at radius 1 is 1.18 bits per heavy atom. The van der Waals surface area contributed by atoms with Crippen LogP contribution in [-0.4, -0.2) is 52.4 Å². The zero-order valence-corrected chi connectivity index (χ0v) is 22.6. The number of pyridine rings is 2. The summed E-state index contributed by atoms with van der Waals surface area (Å²) >= 11 is 6.19. The van der Waals surface area contributed by atoms with Gasteiger partial charge in [-0.05, 0) is 55.5 Å². The lowest BCUT2D eigenvalue weighted by atomic mass is 9.70. The van der Waals surface area contributed by atoms with Gasteiger partial charge in [0, 0.05) is 48.9 Å². The first-order chi connectivity index (χ1) is 18.6. The van der Waals surface area contributed by atoms with Gasteiger partial charge in [-0.2, -0.15) is 0 Å². The normalized spacial score (nSPS) is 24.3. The van der Waals surface area contributed by atoms with Crippen molar-refractivity contribution in [1.82, 2.24) is 14.9 Å². The van der Waals surface area contributed by atoms with Crippen LogP contribution in [0, 0.1) is 30.4 Å². The highest BCUT2D eigenvalue weighted by Crippen LogP contribution is 2.45. The average molecular weight is 552 g/mol. The number of carbonyl (C=O) groups excluding carboxylic acids is 2. The second-order valence-electron chi connectivity index (χ2n) is 11.1. The van der Waals surface area contributed by atoms with Gasteiger partial charge in [0.05, 0.1) is 16.6 Å². The molecule has 0 bridgehead atoms. The number of fused-ring (bicyclic) bond motifs is 1. The molecule has 4 heterocycles. The van der Waals surface area contributed by atoms with Crippen molar-refractivity contribution < 1.29 is 18.4 Å². The Labute approximate surface area is 230 Å². The van der Waals surface area contributed by atoms with Crippen molar-refractivity contribution >= 4 is 35.1 Å². The summed E-state index contributed by atoms with van der Waals surface area (Å²) in [4.78, 5) is 38.0. The van der Waals surface area contributed by atoms with Crippen LogP contribution in [0.3, 0.4) is 0 Å². The summed E-state index contributed by atoms with van der Waals surface area (Å²) in [6.07, 6.45) is 3.81. The third kappa shape index (κ3) is 4.14. The summed E-state index contributed by atoms with van der Waals surface area (Å²) in [5, 5.41) is 3.37. The lowest BCUT2D eigenvalue weighted by Gasteiger charge is -2.44. The maximum atomic E-state index is 15.6.